The minimum absolute atomic E-state index is 0.119. The van der Waals surface area contributed by atoms with Crippen LogP contribution in [0, 0.1) is 0 Å². The van der Waals surface area contributed by atoms with Gasteiger partial charge in [-0.05, 0) is 24.3 Å². The Kier molecular flexibility index (Phi) is 8.52. The third-order valence-electron chi connectivity index (χ3n) is 7.52. The summed E-state index contributed by atoms with van der Waals surface area (Å²) in [5.74, 6) is -2.99. The van der Waals surface area contributed by atoms with E-state index >= 15 is 0 Å². The number of ether oxygens (including phenoxy) is 3. The fraction of sp³-hybridized carbons (Fsp3) is 0.444. The Morgan fingerprint density at radius 3 is 1.93 bits per heavy atom. The maximum Gasteiger partial charge on any atom is 0.239 e. The van der Waals surface area contributed by atoms with E-state index in [1.165, 1.54) is 24.3 Å². The number of fused-ring (bicyclic) bond motifs is 1. The summed E-state index contributed by atoms with van der Waals surface area (Å²) in [7, 11) is 0. The van der Waals surface area contributed by atoms with Crippen LogP contribution in [0.1, 0.15) is 11.7 Å². The van der Waals surface area contributed by atoms with Gasteiger partial charge >= 0.3 is 0 Å². The molecule has 16 heteroatoms. The number of aliphatic hydroxyl groups excluding tert-OH is 8. The van der Waals surface area contributed by atoms with Crippen molar-refractivity contribution in [2.24, 2.45) is 0 Å². The van der Waals surface area contributed by atoms with Gasteiger partial charge in [0, 0.05) is 11.6 Å². The van der Waals surface area contributed by atoms with Crippen LogP contribution in [0.25, 0.3) is 22.3 Å². The van der Waals surface area contributed by atoms with E-state index in [-0.39, 0.29) is 17.1 Å². The maximum atomic E-state index is 13.9. The Bertz CT molecular complexity index is 1520. The third kappa shape index (κ3) is 5.27. The summed E-state index contributed by atoms with van der Waals surface area (Å²) in [5.41, 5.74) is -2.04. The Morgan fingerprint density at radius 2 is 1.33 bits per heavy atom. The van der Waals surface area contributed by atoms with Crippen molar-refractivity contribution in [2.45, 2.75) is 61.2 Å². The summed E-state index contributed by atoms with van der Waals surface area (Å²) < 4.78 is 22.3. The molecule has 5 rings (SSSR count). The van der Waals surface area contributed by atoms with E-state index in [2.05, 4.69) is 0 Å². The van der Waals surface area contributed by atoms with Crippen molar-refractivity contribution in [3.05, 3.63) is 46.1 Å². The lowest BCUT2D eigenvalue weighted by Crippen LogP contribution is -2.60. The summed E-state index contributed by atoms with van der Waals surface area (Å²) >= 11 is 0. The van der Waals surface area contributed by atoms with Gasteiger partial charge < -0.3 is 74.8 Å². The molecule has 10 atom stereocenters. The number of phenols is 3. The zero-order valence-corrected chi connectivity index (χ0v) is 22.0. The molecule has 0 saturated carbocycles. The van der Waals surface area contributed by atoms with Crippen molar-refractivity contribution < 1.29 is 74.8 Å². The van der Waals surface area contributed by atoms with Crippen molar-refractivity contribution in [1.82, 2.24) is 0 Å². The molecular weight excluding hydrogens is 580 g/mol. The molecule has 0 amide bonds. The van der Waals surface area contributed by atoms with Gasteiger partial charge in [-0.1, -0.05) is 0 Å². The maximum absolute atomic E-state index is 13.9. The quantitative estimate of drug-likeness (QED) is 0.135. The van der Waals surface area contributed by atoms with Crippen molar-refractivity contribution in [3.63, 3.8) is 0 Å². The summed E-state index contributed by atoms with van der Waals surface area (Å²) in [6.45, 7) is -1.61. The fourth-order valence-electron chi connectivity index (χ4n) is 5.13. The van der Waals surface area contributed by atoms with E-state index in [4.69, 9.17) is 18.6 Å². The smallest absolute Gasteiger partial charge is 0.239 e. The standard InChI is InChI=1S/C27H30O16/c28-6-12-16(32)20(36)22(38)25(41-12)14-10(31)5-11-15(18(14)34)19(35)26(24(40-11)8-1-3-9(30)4-2-8)43-27-23(39)21(37)17(33)13(7-29)42-27/h1-5,12-13,16-17,20-23,25,27-34,36-39H,6-7H2/t12-,13-,16-,17-,20+,21+,22-,23-,25?,27?/m1/s1. The minimum Gasteiger partial charge on any atom is -0.508 e. The first-order valence-corrected chi connectivity index (χ1v) is 13.0. The third-order valence-corrected chi connectivity index (χ3v) is 7.52. The summed E-state index contributed by atoms with van der Waals surface area (Å²) in [6.07, 6.45) is -17.6. The Morgan fingerprint density at radius 1 is 0.744 bits per heavy atom. The molecule has 2 unspecified atom stereocenters. The molecule has 2 saturated heterocycles. The van der Waals surface area contributed by atoms with Crippen LogP contribution in [-0.4, -0.2) is 125 Å². The zero-order valence-electron chi connectivity index (χ0n) is 22.0. The van der Waals surface area contributed by atoms with Crippen molar-refractivity contribution in [1.29, 1.82) is 0 Å². The largest absolute Gasteiger partial charge is 0.508 e. The van der Waals surface area contributed by atoms with E-state index in [0.717, 1.165) is 6.07 Å². The number of aliphatic hydroxyl groups is 8. The zero-order chi connectivity index (χ0) is 31.3. The predicted molar refractivity (Wildman–Crippen MR) is 140 cm³/mol. The van der Waals surface area contributed by atoms with Gasteiger partial charge in [0.15, 0.2) is 5.76 Å². The molecule has 11 N–H and O–H groups in total. The Labute approximate surface area is 241 Å². The second kappa shape index (κ2) is 11.9. The molecular formula is C27H30O16. The van der Waals surface area contributed by atoms with E-state index in [1.54, 1.807) is 0 Å². The molecule has 2 aliphatic heterocycles. The van der Waals surface area contributed by atoms with E-state index in [1.807, 2.05) is 0 Å². The molecule has 43 heavy (non-hydrogen) atoms. The van der Waals surface area contributed by atoms with Crippen LogP contribution in [0.3, 0.4) is 0 Å². The molecule has 2 fully saturated rings. The van der Waals surface area contributed by atoms with Gasteiger partial charge in [-0.3, -0.25) is 4.79 Å². The molecule has 3 heterocycles. The highest BCUT2D eigenvalue weighted by molar-refractivity contribution is 5.90. The number of rotatable bonds is 6. The molecule has 0 aliphatic carbocycles. The SMILES string of the molecule is O=c1c(OC2O[C@H](CO)[C@@H](O)[C@H](O)[C@H]2O)c(-c2ccc(O)cc2)oc2cc(O)c(C3O[C@H](CO)[C@@H](O)[C@H](O)[C@H]3O)c(O)c12. The molecule has 16 nitrogen and oxygen atoms in total. The van der Waals surface area contributed by atoms with Crippen LogP contribution >= 0.6 is 0 Å². The van der Waals surface area contributed by atoms with Crippen LogP contribution in [0.15, 0.2) is 39.5 Å². The average molecular weight is 611 g/mol. The molecule has 3 aromatic rings. The first-order chi connectivity index (χ1) is 20.4. The first kappa shape index (κ1) is 30.9. The number of hydrogen-bond acceptors (Lipinski definition) is 16. The van der Waals surface area contributed by atoms with Gasteiger partial charge in [0.25, 0.3) is 0 Å². The minimum atomic E-state index is -1.95. The average Bonchev–Trinajstić information content (AvgIpc) is 2.98. The molecule has 2 aromatic carbocycles. The highest BCUT2D eigenvalue weighted by Gasteiger charge is 2.47. The second-order valence-electron chi connectivity index (χ2n) is 10.2. The van der Waals surface area contributed by atoms with Gasteiger partial charge in [0.05, 0.1) is 18.8 Å². The Hall–Kier alpha value is -3.55. The highest BCUT2D eigenvalue weighted by atomic mass is 16.7. The van der Waals surface area contributed by atoms with Crippen molar-refractivity contribution >= 4 is 11.0 Å². The topological polar surface area (TPSA) is 280 Å². The van der Waals surface area contributed by atoms with E-state index in [9.17, 15) is 61.0 Å². The molecule has 234 valence electrons. The number of benzene rings is 2. The lowest BCUT2D eigenvalue weighted by atomic mass is 9.89. The lowest BCUT2D eigenvalue weighted by Gasteiger charge is -2.40. The Balaban J connectivity index is 1.70. The normalized spacial score (nSPS) is 33.0. The molecule has 2 aliphatic rings. The van der Waals surface area contributed by atoms with Crippen LogP contribution in [0.5, 0.6) is 23.0 Å². The molecule has 1 aromatic heterocycles. The van der Waals surface area contributed by atoms with Gasteiger partial charge in [0.1, 0.15) is 83.2 Å². The number of hydrogen-bond donors (Lipinski definition) is 11. The van der Waals surface area contributed by atoms with Gasteiger partial charge in [-0.15, -0.1) is 0 Å². The van der Waals surface area contributed by atoms with E-state index < -0.39 is 114 Å². The van der Waals surface area contributed by atoms with Crippen LogP contribution in [0.2, 0.25) is 0 Å². The lowest BCUT2D eigenvalue weighted by molar-refractivity contribution is -0.277. The van der Waals surface area contributed by atoms with Crippen LogP contribution in [-0.2, 0) is 9.47 Å². The van der Waals surface area contributed by atoms with Crippen LogP contribution < -0.4 is 10.2 Å². The van der Waals surface area contributed by atoms with Crippen LogP contribution in [0.4, 0.5) is 0 Å². The van der Waals surface area contributed by atoms with Crippen molar-refractivity contribution in [2.75, 3.05) is 13.2 Å². The first-order valence-electron chi connectivity index (χ1n) is 13.0. The van der Waals surface area contributed by atoms with Gasteiger partial charge in [0.2, 0.25) is 17.5 Å². The summed E-state index contributed by atoms with van der Waals surface area (Å²) in [5, 5.41) is 112. The summed E-state index contributed by atoms with van der Waals surface area (Å²) in [6, 6.07) is 6.03. The number of aromatic hydroxyl groups is 3. The highest BCUT2D eigenvalue weighted by Crippen LogP contribution is 2.46. The van der Waals surface area contributed by atoms with E-state index in [0.29, 0.717) is 0 Å². The number of phenolic OH excluding ortho intramolecular Hbond substituents is 3. The van der Waals surface area contributed by atoms with Gasteiger partial charge in [-0.2, -0.15) is 0 Å². The molecule has 0 radical (unpaired) electrons. The fourth-order valence-corrected chi connectivity index (χ4v) is 5.13. The molecule has 0 bridgehead atoms. The second-order valence-corrected chi connectivity index (χ2v) is 10.2. The monoisotopic (exact) mass is 610 g/mol. The predicted octanol–water partition coefficient (Wildman–Crippen LogP) is -2.73. The molecule has 0 spiro atoms. The summed E-state index contributed by atoms with van der Waals surface area (Å²) in [4.78, 5) is 13.9. The van der Waals surface area contributed by atoms with Gasteiger partial charge in [-0.25, -0.2) is 0 Å². The van der Waals surface area contributed by atoms with Crippen molar-refractivity contribution in [3.8, 4) is 34.3 Å².